The Kier molecular flexibility index (Phi) is 5.59. The van der Waals surface area contributed by atoms with E-state index in [4.69, 9.17) is 5.11 Å². The van der Waals surface area contributed by atoms with E-state index < -0.39 is 12.1 Å². The van der Waals surface area contributed by atoms with E-state index >= 15 is 0 Å². The highest BCUT2D eigenvalue weighted by Crippen LogP contribution is 2.48. The zero-order valence-corrected chi connectivity index (χ0v) is 13.2. The van der Waals surface area contributed by atoms with Crippen molar-refractivity contribution in [2.24, 2.45) is 29.6 Å². The number of hydrogen-bond donors (Lipinski definition) is 3. The molecule has 22 heavy (non-hydrogen) atoms. The van der Waals surface area contributed by atoms with Crippen LogP contribution in [0.1, 0.15) is 26.7 Å². The molecule has 122 valence electrons. The molecule has 0 heterocycles. The highest BCUT2D eigenvalue weighted by Gasteiger charge is 2.44. The zero-order chi connectivity index (χ0) is 16.3. The summed E-state index contributed by atoms with van der Waals surface area (Å²) in [6, 6.07) is 0. The number of carboxylic acids is 1. The minimum Gasteiger partial charge on any atom is -0.478 e. The number of hydrogen-bond acceptors (Lipinski definition) is 3. The SMILES string of the molecule is CC1=C[C@@H](O)[C@@H]2C[C@@H](CO)C[C@@H](C)[C@@H]2[C@H]1/C=C/C=C/C(=O)O. The Balaban J connectivity index is 2.21. The topological polar surface area (TPSA) is 77.8 Å². The fourth-order valence-electron chi connectivity index (χ4n) is 4.29. The van der Waals surface area contributed by atoms with Crippen LogP contribution in [0.4, 0.5) is 0 Å². The van der Waals surface area contributed by atoms with Crippen LogP contribution in [-0.4, -0.2) is 34.0 Å². The van der Waals surface area contributed by atoms with Crippen LogP contribution in [-0.2, 0) is 4.79 Å². The maximum Gasteiger partial charge on any atom is 0.328 e. The van der Waals surface area contributed by atoms with Crippen LogP contribution in [0.5, 0.6) is 0 Å². The third-order valence-electron chi connectivity index (χ3n) is 5.20. The number of aliphatic carboxylic acids is 1. The molecule has 0 aromatic rings. The number of aliphatic hydroxyl groups excluding tert-OH is 2. The minimum absolute atomic E-state index is 0.169. The second kappa shape index (κ2) is 7.25. The van der Waals surface area contributed by atoms with Crippen molar-refractivity contribution in [3.05, 3.63) is 36.0 Å². The summed E-state index contributed by atoms with van der Waals surface area (Å²) in [4.78, 5) is 10.5. The summed E-state index contributed by atoms with van der Waals surface area (Å²) in [7, 11) is 0. The van der Waals surface area contributed by atoms with E-state index in [2.05, 4.69) is 6.92 Å². The van der Waals surface area contributed by atoms with Crippen molar-refractivity contribution in [2.75, 3.05) is 6.61 Å². The Morgan fingerprint density at radius 2 is 2.09 bits per heavy atom. The summed E-state index contributed by atoms with van der Waals surface area (Å²) < 4.78 is 0. The van der Waals surface area contributed by atoms with Gasteiger partial charge in [-0.2, -0.15) is 0 Å². The van der Waals surface area contributed by atoms with Gasteiger partial charge in [-0.15, -0.1) is 0 Å². The third-order valence-corrected chi connectivity index (χ3v) is 5.20. The lowest BCUT2D eigenvalue weighted by atomic mass is 9.58. The van der Waals surface area contributed by atoms with E-state index in [1.54, 1.807) is 12.2 Å². The van der Waals surface area contributed by atoms with E-state index in [1.807, 2.05) is 19.1 Å². The molecule has 2 rings (SSSR count). The highest BCUT2D eigenvalue weighted by atomic mass is 16.4. The quantitative estimate of drug-likeness (QED) is 0.423. The van der Waals surface area contributed by atoms with E-state index in [1.165, 1.54) is 0 Å². The number of carboxylic acid groups (broad SMARTS) is 1. The van der Waals surface area contributed by atoms with Gasteiger partial charge in [0.05, 0.1) is 6.10 Å². The van der Waals surface area contributed by atoms with Crippen LogP contribution in [0, 0.1) is 29.6 Å². The monoisotopic (exact) mass is 306 g/mol. The molecule has 0 spiro atoms. The molecule has 0 radical (unpaired) electrons. The molecule has 2 aliphatic carbocycles. The second-order valence-electron chi connectivity index (χ2n) is 6.75. The van der Waals surface area contributed by atoms with Crippen molar-refractivity contribution in [3.63, 3.8) is 0 Å². The molecule has 0 aromatic heterocycles. The Bertz CT molecular complexity index is 491. The van der Waals surface area contributed by atoms with Crippen LogP contribution < -0.4 is 0 Å². The van der Waals surface area contributed by atoms with Crippen LogP contribution in [0.3, 0.4) is 0 Å². The van der Waals surface area contributed by atoms with Crippen LogP contribution in [0.15, 0.2) is 36.0 Å². The Morgan fingerprint density at radius 3 is 2.73 bits per heavy atom. The maximum absolute atomic E-state index is 10.5. The molecule has 0 unspecified atom stereocenters. The molecule has 3 N–H and O–H groups in total. The highest BCUT2D eigenvalue weighted by molar-refractivity contribution is 5.80. The normalized spacial score (nSPS) is 39.0. The van der Waals surface area contributed by atoms with Gasteiger partial charge in [0.15, 0.2) is 0 Å². The average molecular weight is 306 g/mol. The second-order valence-corrected chi connectivity index (χ2v) is 6.75. The van der Waals surface area contributed by atoms with Gasteiger partial charge in [-0.3, -0.25) is 0 Å². The van der Waals surface area contributed by atoms with Crippen molar-refractivity contribution < 1.29 is 20.1 Å². The average Bonchev–Trinajstić information content (AvgIpc) is 2.46. The van der Waals surface area contributed by atoms with Gasteiger partial charge in [-0.05, 0) is 43.4 Å². The van der Waals surface area contributed by atoms with Crippen molar-refractivity contribution in [1.82, 2.24) is 0 Å². The fourth-order valence-corrected chi connectivity index (χ4v) is 4.29. The molecular formula is C18H26O4. The number of rotatable bonds is 4. The first-order valence-electron chi connectivity index (χ1n) is 7.99. The van der Waals surface area contributed by atoms with Gasteiger partial charge < -0.3 is 15.3 Å². The van der Waals surface area contributed by atoms with Crippen molar-refractivity contribution in [3.8, 4) is 0 Å². The summed E-state index contributed by atoms with van der Waals surface area (Å²) in [5.41, 5.74) is 1.14. The predicted octanol–water partition coefficient (Wildman–Crippen LogP) is 2.39. The number of carbonyl (C=O) groups is 1. The number of aliphatic hydroxyl groups is 2. The molecule has 1 fully saturated rings. The molecule has 2 aliphatic rings. The fraction of sp³-hybridized carbons (Fsp3) is 0.611. The van der Waals surface area contributed by atoms with Gasteiger partial charge in [0.1, 0.15) is 0 Å². The molecule has 4 heteroatoms. The number of fused-ring (bicyclic) bond motifs is 1. The number of allylic oxidation sites excluding steroid dienone is 4. The summed E-state index contributed by atoms with van der Waals surface area (Å²) in [6.07, 6.45) is 9.81. The smallest absolute Gasteiger partial charge is 0.328 e. The molecule has 0 aromatic carbocycles. The summed E-state index contributed by atoms with van der Waals surface area (Å²) in [5, 5.41) is 28.5. The van der Waals surface area contributed by atoms with Crippen LogP contribution >= 0.6 is 0 Å². The molecule has 4 nitrogen and oxygen atoms in total. The third kappa shape index (κ3) is 3.68. The van der Waals surface area contributed by atoms with E-state index in [9.17, 15) is 15.0 Å². The van der Waals surface area contributed by atoms with Gasteiger partial charge in [-0.25, -0.2) is 4.79 Å². The van der Waals surface area contributed by atoms with E-state index in [-0.39, 0.29) is 24.4 Å². The van der Waals surface area contributed by atoms with Crippen molar-refractivity contribution in [2.45, 2.75) is 32.8 Å². The lowest BCUT2D eigenvalue weighted by molar-refractivity contribution is -0.131. The first-order valence-corrected chi connectivity index (χ1v) is 7.99. The lowest BCUT2D eigenvalue weighted by Crippen LogP contribution is -2.44. The molecular weight excluding hydrogens is 280 g/mol. The first-order chi connectivity index (χ1) is 10.4. The Labute approximate surface area is 131 Å². The molecule has 0 bridgehead atoms. The molecule has 0 amide bonds. The van der Waals surface area contributed by atoms with E-state index in [0.717, 1.165) is 24.5 Å². The maximum atomic E-state index is 10.5. The van der Waals surface area contributed by atoms with Crippen LogP contribution in [0.2, 0.25) is 0 Å². The van der Waals surface area contributed by atoms with Gasteiger partial charge in [-0.1, -0.05) is 36.8 Å². The Hall–Kier alpha value is -1.39. The van der Waals surface area contributed by atoms with Crippen LogP contribution in [0.25, 0.3) is 0 Å². The molecule has 0 saturated heterocycles. The summed E-state index contributed by atoms with van der Waals surface area (Å²) in [5.74, 6) is 0.480. The predicted molar refractivity (Wildman–Crippen MR) is 85.1 cm³/mol. The van der Waals surface area contributed by atoms with Crippen molar-refractivity contribution >= 4 is 5.97 Å². The summed E-state index contributed by atoms with van der Waals surface area (Å²) in [6.45, 7) is 4.41. The Morgan fingerprint density at radius 1 is 1.36 bits per heavy atom. The van der Waals surface area contributed by atoms with Gasteiger partial charge in [0, 0.05) is 18.6 Å². The van der Waals surface area contributed by atoms with Gasteiger partial charge >= 0.3 is 5.97 Å². The van der Waals surface area contributed by atoms with Crippen molar-refractivity contribution in [1.29, 1.82) is 0 Å². The van der Waals surface area contributed by atoms with Gasteiger partial charge in [0.25, 0.3) is 0 Å². The standard InChI is InChI=1S/C18H26O4/c1-11-8-16(20)15-9-13(10-19)7-12(2)18(15)14(11)5-3-4-6-17(21)22/h3-6,8,12-16,18-20H,7,9-10H2,1-2H3,(H,21,22)/b5-3+,6-4+/t12-,13+,14+,15+,16-,18-/m1/s1. The summed E-state index contributed by atoms with van der Waals surface area (Å²) >= 11 is 0. The first kappa shape index (κ1) is 17.0. The molecule has 1 saturated carbocycles. The van der Waals surface area contributed by atoms with Gasteiger partial charge in [0.2, 0.25) is 0 Å². The minimum atomic E-state index is -0.953. The zero-order valence-electron chi connectivity index (χ0n) is 13.2. The molecule has 6 atom stereocenters. The van der Waals surface area contributed by atoms with E-state index in [0.29, 0.717) is 11.8 Å². The lowest BCUT2D eigenvalue weighted by Gasteiger charge is -2.48. The molecule has 0 aliphatic heterocycles. The largest absolute Gasteiger partial charge is 0.478 e.